The van der Waals surface area contributed by atoms with Crippen molar-refractivity contribution in [2.75, 3.05) is 19.0 Å². The number of benzene rings is 1. The predicted molar refractivity (Wildman–Crippen MR) is 67.3 cm³/mol. The predicted octanol–water partition coefficient (Wildman–Crippen LogP) is 1.97. The van der Waals surface area contributed by atoms with Crippen molar-refractivity contribution in [1.82, 2.24) is 0 Å². The molecule has 17 heavy (non-hydrogen) atoms. The van der Waals surface area contributed by atoms with Gasteiger partial charge in [0, 0.05) is 25.3 Å². The van der Waals surface area contributed by atoms with E-state index in [-0.39, 0.29) is 12.5 Å². The van der Waals surface area contributed by atoms with Crippen LogP contribution < -0.4 is 10.1 Å². The van der Waals surface area contributed by atoms with E-state index in [1.54, 1.807) is 7.11 Å². The highest BCUT2D eigenvalue weighted by molar-refractivity contribution is 5.89. The third-order valence-electron chi connectivity index (χ3n) is 2.48. The highest BCUT2D eigenvalue weighted by atomic mass is 16.5. The Kier molecular flexibility index (Phi) is 5.49. The minimum absolute atomic E-state index is 0.0957. The topological polar surface area (TPSA) is 58.6 Å². The summed E-state index contributed by atoms with van der Waals surface area (Å²) in [6, 6.07) is 5.64. The van der Waals surface area contributed by atoms with Gasteiger partial charge in [-0.15, -0.1) is 0 Å². The second kappa shape index (κ2) is 6.91. The summed E-state index contributed by atoms with van der Waals surface area (Å²) in [5, 5.41) is 11.5. The number of ether oxygens (including phenoxy) is 1. The van der Waals surface area contributed by atoms with Crippen molar-refractivity contribution in [3.8, 4) is 5.75 Å². The van der Waals surface area contributed by atoms with E-state index in [2.05, 4.69) is 5.32 Å². The fourth-order valence-electron chi connectivity index (χ4n) is 1.63. The number of aryl methyl sites for hydroxylation is 1. The lowest BCUT2D eigenvalue weighted by atomic mass is 10.1. The van der Waals surface area contributed by atoms with Crippen molar-refractivity contribution in [2.45, 2.75) is 26.2 Å². The average molecular weight is 237 g/mol. The second-order valence-corrected chi connectivity index (χ2v) is 3.88. The quantitative estimate of drug-likeness (QED) is 0.744. The van der Waals surface area contributed by atoms with Gasteiger partial charge in [0.1, 0.15) is 5.75 Å². The molecule has 94 valence electrons. The molecule has 1 amide bonds. The minimum Gasteiger partial charge on any atom is -0.497 e. The van der Waals surface area contributed by atoms with Crippen LogP contribution in [0.25, 0.3) is 0 Å². The van der Waals surface area contributed by atoms with Crippen molar-refractivity contribution in [1.29, 1.82) is 0 Å². The lowest BCUT2D eigenvalue weighted by molar-refractivity contribution is -0.114. The van der Waals surface area contributed by atoms with Crippen LogP contribution in [-0.2, 0) is 11.2 Å². The van der Waals surface area contributed by atoms with Gasteiger partial charge in [-0.05, 0) is 30.9 Å². The van der Waals surface area contributed by atoms with Crippen LogP contribution >= 0.6 is 0 Å². The van der Waals surface area contributed by atoms with Gasteiger partial charge in [-0.2, -0.15) is 0 Å². The molecule has 0 saturated carbocycles. The largest absolute Gasteiger partial charge is 0.497 e. The second-order valence-electron chi connectivity index (χ2n) is 3.88. The molecule has 0 heterocycles. The number of amides is 1. The number of unbranched alkanes of at least 4 members (excludes halogenated alkanes) is 1. The van der Waals surface area contributed by atoms with Crippen molar-refractivity contribution in [3.05, 3.63) is 23.8 Å². The van der Waals surface area contributed by atoms with Crippen LogP contribution in [0.3, 0.4) is 0 Å². The molecule has 0 aliphatic rings. The molecule has 0 fully saturated rings. The minimum atomic E-state index is -0.0957. The normalized spacial score (nSPS) is 10.1. The van der Waals surface area contributed by atoms with E-state index in [1.165, 1.54) is 6.92 Å². The van der Waals surface area contributed by atoms with Gasteiger partial charge in [0.25, 0.3) is 0 Å². The number of anilines is 1. The monoisotopic (exact) mass is 237 g/mol. The van der Waals surface area contributed by atoms with Gasteiger partial charge in [-0.1, -0.05) is 6.07 Å². The Morgan fingerprint density at radius 1 is 1.41 bits per heavy atom. The molecule has 1 aromatic rings. The lowest BCUT2D eigenvalue weighted by Gasteiger charge is -2.11. The molecular formula is C13H19NO3. The van der Waals surface area contributed by atoms with Crippen LogP contribution in [0.1, 0.15) is 25.3 Å². The van der Waals surface area contributed by atoms with Crippen LogP contribution in [0, 0.1) is 0 Å². The third-order valence-corrected chi connectivity index (χ3v) is 2.48. The molecule has 0 aromatic heterocycles. The van der Waals surface area contributed by atoms with Crippen LogP contribution in [0.2, 0.25) is 0 Å². The van der Waals surface area contributed by atoms with E-state index < -0.39 is 0 Å². The number of aliphatic hydroxyl groups excluding tert-OH is 1. The number of hydrogen-bond donors (Lipinski definition) is 2. The first-order valence-electron chi connectivity index (χ1n) is 5.72. The Morgan fingerprint density at radius 2 is 2.18 bits per heavy atom. The smallest absolute Gasteiger partial charge is 0.221 e. The number of aliphatic hydroxyl groups is 1. The van der Waals surface area contributed by atoms with Crippen molar-refractivity contribution < 1.29 is 14.6 Å². The Morgan fingerprint density at radius 3 is 2.76 bits per heavy atom. The summed E-state index contributed by atoms with van der Waals surface area (Å²) in [4.78, 5) is 11.1. The lowest BCUT2D eigenvalue weighted by Crippen LogP contribution is -2.08. The van der Waals surface area contributed by atoms with Gasteiger partial charge >= 0.3 is 0 Å². The molecule has 0 saturated heterocycles. The molecule has 4 heteroatoms. The number of nitrogens with one attached hydrogen (secondary N) is 1. The maximum Gasteiger partial charge on any atom is 0.221 e. The molecule has 0 aliphatic carbocycles. The van der Waals surface area contributed by atoms with E-state index in [0.29, 0.717) is 0 Å². The van der Waals surface area contributed by atoms with Crippen LogP contribution in [-0.4, -0.2) is 24.7 Å². The standard InChI is InChI=1S/C13H19NO3/c1-10(16)14-13-9-12(17-2)7-6-11(13)5-3-4-8-15/h6-7,9,15H,3-5,8H2,1-2H3,(H,14,16). The van der Waals surface area contributed by atoms with Crippen molar-refractivity contribution >= 4 is 11.6 Å². The zero-order valence-electron chi connectivity index (χ0n) is 10.3. The SMILES string of the molecule is COc1ccc(CCCCO)c(NC(C)=O)c1. The van der Waals surface area contributed by atoms with Gasteiger partial charge in [0.15, 0.2) is 0 Å². The summed E-state index contributed by atoms with van der Waals surface area (Å²) in [6.07, 6.45) is 2.50. The Bertz CT molecular complexity index is 377. The Balaban J connectivity index is 2.81. The molecule has 1 rings (SSSR count). The Hall–Kier alpha value is -1.55. The molecule has 2 N–H and O–H groups in total. The molecule has 0 bridgehead atoms. The summed E-state index contributed by atoms with van der Waals surface area (Å²) in [5.74, 6) is 0.626. The third kappa shape index (κ3) is 4.44. The molecule has 0 atom stereocenters. The molecule has 4 nitrogen and oxygen atoms in total. The Labute approximate surface area is 102 Å². The maximum atomic E-state index is 11.1. The first kappa shape index (κ1) is 13.5. The zero-order valence-corrected chi connectivity index (χ0v) is 10.3. The summed E-state index contributed by atoms with van der Waals surface area (Å²) < 4.78 is 5.13. The molecular weight excluding hydrogens is 218 g/mol. The summed E-state index contributed by atoms with van der Waals surface area (Å²) in [7, 11) is 1.60. The fourth-order valence-corrected chi connectivity index (χ4v) is 1.63. The number of rotatable bonds is 6. The van der Waals surface area contributed by atoms with E-state index in [0.717, 1.165) is 36.3 Å². The maximum absolute atomic E-state index is 11.1. The van der Waals surface area contributed by atoms with Crippen LogP contribution in [0.5, 0.6) is 5.75 Å². The summed E-state index contributed by atoms with van der Waals surface area (Å²) in [6.45, 7) is 1.68. The number of carbonyl (C=O) groups excluding carboxylic acids is 1. The summed E-state index contributed by atoms with van der Waals surface area (Å²) in [5.41, 5.74) is 1.85. The summed E-state index contributed by atoms with van der Waals surface area (Å²) >= 11 is 0. The van der Waals surface area contributed by atoms with Crippen LogP contribution in [0.4, 0.5) is 5.69 Å². The van der Waals surface area contributed by atoms with Gasteiger partial charge in [0.05, 0.1) is 7.11 Å². The molecule has 0 unspecified atom stereocenters. The van der Waals surface area contributed by atoms with Gasteiger partial charge in [-0.25, -0.2) is 0 Å². The first-order chi connectivity index (χ1) is 8.17. The van der Waals surface area contributed by atoms with Crippen molar-refractivity contribution in [2.24, 2.45) is 0 Å². The van der Waals surface area contributed by atoms with Crippen LogP contribution in [0.15, 0.2) is 18.2 Å². The van der Waals surface area contributed by atoms with Gasteiger partial charge in [-0.3, -0.25) is 4.79 Å². The van der Waals surface area contributed by atoms with E-state index >= 15 is 0 Å². The van der Waals surface area contributed by atoms with Gasteiger partial charge in [0.2, 0.25) is 5.91 Å². The van der Waals surface area contributed by atoms with E-state index in [1.807, 2.05) is 18.2 Å². The highest BCUT2D eigenvalue weighted by Gasteiger charge is 2.05. The molecule has 0 spiro atoms. The van der Waals surface area contributed by atoms with Crippen molar-refractivity contribution in [3.63, 3.8) is 0 Å². The number of carbonyl (C=O) groups is 1. The average Bonchev–Trinajstić information content (AvgIpc) is 2.30. The first-order valence-corrected chi connectivity index (χ1v) is 5.72. The molecule has 0 radical (unpaired) electrons. The number of methoxy groups -OCH3 is 1. The zero-order chi connectivity index (χ0) is 12.7. The van der Waals surface area contributed by atoms with Gasteiger partial charge < -0.3 is 15.2 Å². The van der Waals surface area contributed by atoms with E-state index in [4.69, 9.17) is 9.84 Å². The molecule has 1 aromatic carbocycles. The fraction of sp³-hybridized carbons (Fsp3) is 0.462. The molecule has 0 aliphatic heterocycles. The highest BCUT2D eigenvalue weighted by Crippen LogP contribution is 2.24. The number of hydrogen-bond acceptors (Lipinski definition) is 3. The van der Waals surface area contributed by atoms with E-state index in [9.17, 15) is 4.79 Å².